The Morgan fingerprint density at radius 3 is 3.05 bits per heavy atom. The first kappa shape index (κ1) is 16.3. The van der Waals surface area contributed by atoms with Gasteiger partial charge in [-0.05, 0) is 50.1 Å². The Labute approximate surface area is 135 Å². The van der Waals surface area contributed by atoms with Crippen molar-refractivity contribution >= 4 is 35.2 Å². The Balaban J connectivity index is 2.00. The number of hydrogen-bond acceptors (Lipinski definition) is 2. The maximum atomic E-state index is 12.3. The molecule has 3 nitrogen and oxygen atoms in total. The third-order valence-electron chi connectivity index (χ3n) is 3.71. The van der Waals surface area contributed by atoms with Crippen molar-refractivity contribution in [1.29, 1.82) is 0 Å². The first-order chi connectivity index (χ1) is 10.1. The molecule has 1 aromatic rings. The van der Waals surface area contributed by atoms with Crippen LogP contribution in [0.2, 0.25) is 10.0 Å². The van der Waals surface area contributed by atoms with E-state index in [4.69, 9.17) is 23.2 Å². The number of benzene rings is 1. The monoisotopic (exact) mass is 326 g/mol. The van der Waals surface area contributed by atoms with Gasteiger partial charge in [0.25, 0.3) is 0 Å². The molecule has 1 N–H and O–H groups in total. The van der Waals surface area contributed by atoms with Gasteiger partial charge in [-0.2, -0.15) is 0 Å². The van der Waals surface area contributed by atoms with Crippen molar-refractivity contribution in [1.82, 2.24) is 10.2 Å². The fourth-order valence-corrected chi connectivity index (χ4v) is 3.01. The zero-order valence-electron chi connectivity index (χ0n) is 12.1. The van der Waals surface area contributed by atoms with Crippen LogP contribution in [-0.2, 0) is 4.79 Å². The molecular weight excluding hydrogens is 307 g/mol. The Bertz CT molecular complexity index is 529. The van der Waals surface area contributed by atoms with E-state index >= 15 is 0 Å². The van der Waals surface area contributed by atoms with Gasteiger partial charge in [-0.25, -0.2) is 0 Å². The SMILES string of the molecule is CNCC1CCCN(C(=O)C=Cc2cccc(Cl)c2Cl)C1. The van der Waals surface area contributed by atoms with Crippen molar-refractivity contribution in [3.63, 3.8) is 0 Å². The summed E-state index contributed by atoms with van der Waals surface area (Å²) in [6, 6.07) is 5.40. The summed E-state index contributed by atoms with van der Waals surface area (Å²) >= 11 is 12.1. The molecule has 1 aliphatic heterocycles. The van der Waals surface area contributed by atoms with E-state index in [-0.39, 0.29) is 5.91 Å². The summed E-state index contributed by atoms with van der Waals surface area (Å²) < 4.78 is 0. The van der Waals surface area contributed by atoms with E-state index in [1.54, 1.807) is 18.2 Å². The molecule has 2 rings (SSSR count). The van der Waals surface area contributed by atoms with Gasteiger partial charge < -0.3 is 10.2 Å². The lowest BCUT2D eigenvalue weighted by atomic mass is 9.98. The van der Waals surface area contributed by atoms with E-state index in [9.17, 15) is 4.79 Å². The second-order valence-corrected chi connectivity index (χ2v) is 6.11. The molecule has 5 heteroatoms. The minimum absolute atomic E-state index is 0.0341. The molecule has 0 bridgehead atoms. The van der Waals surface area contributed by atoms with E-state index in [2.05, 4.69) is 5.32 Å². The maximum absolute atomic E-state index is 12.3. The van der Waals surface area contributed by atoms with Crippen molar-refractivity contribution in [3.05, 3.63) is 39.9 Å². The maximum Gasteiger partial charge on any atom is 0.246 e. The number of carbonyl (C=O) groups excluding carboxylic acids is 1. The van der Waals surface area contributed by atoms with Gasteiger partial charge in [0, 0.05) is 19.2 Å². The predicted octanol–water partition coefficient (Wildman–Crippen LogP) is 3.46. The summed E-state index contributed by atoms with van der Waals surface area (Å²) in [6.07, 6.45) is 5.55. The molecule has 0 radical (unpaired) electrons. The minimum Gasteiger partial charge on any atom is -0.339 e. The van der Waals surface area contributed by atoms with Crippen molar-refractivity contribution in [2.75, 3.05) is 26.7 Å². The highest BCUT2D eigenvalue weighted by Gasteiger charge is 2.21. The van der Waals surface area contributed by atoms with Gasteiger partial charge in [0.05, 0.1) is 10.0 Å². The van der Waals surface area contributed by atoms with Gasteiger partial charge in [0.15, 0.2) is 0 Å². The van der Waals surface area contributed by atoms with Crippen LogP contribution >= 0.6 is 23.2 Å². The lowest BCUT2D eigenvalue weighted by molar-refractivity contribution is -0.127. The molecule has 1 fully saturated rings. The lowest BCUT2D eigenvalue weighted by Crippen LogP contribution is -2.41. The number of amides is 1. The molecule has 1 unspecified atom stereocenters. The smallest absolute Gasteiger partial charge is 0.246 e. The number of hydrogen-bond donors (Lipinski definition) is 1. The number of piperidine rings is 1. The molecule has 0 aliphatic carbocycles. The molecular formula is C16H20Cl2N2O. The molecule has 114 valence electrons. The predicted molar refractivity (Wildman–Crippen MR) is 88.7 cm³/mol. The number of halogens is 2. The van der Waals surface area contributed by atoms with Crippen LogP contribution < -0.4 is 5.32 Å². The van der Waals surface area contributed by atoms with Gasteiger partial charge in [0.2, 0.25) is 5.91 Å². The summed E-state index contributed by atoms with van der Waals surface area (Å²) in [4.78, 5) is 14.2. The fourth-order valence-electron chi connectivity index (χ4n) is 2.64. The van der Waals surface area contributed by atoms with E-state index in [0.29, 0.717) is 16.0 Å². The zero-order chi connectivity index (χ0) is 15.2. The summed E-state index contributed by atoms with van der Waals surface area (Å²) in [6.45, 7) is 2.59. The quantitative estimate of drug-likeness (QED) is 0.859. The molecule has 1 aromatic carbocycles. The number of carbonyl (C=O) groups is 1. The molecule has 0 aromatic heterocycles. The Kier molecular flexibility index (Phi) is 6.09. The number of likely N-dealkylation sites (tertiary alicyclic amines) is 1. The van der Waals surface area contributed by atoms with Crippen LogP contribution in [-0.4, -0.2) is 37.5 Å². The molecule has 1 atom stereocenters. The summed E-state index contributed by atoms with van der Waals surface area (Å²) in [5.41, 5.74) is 0.765. The van der Waals surface area contributed by atoms with Crippen LogP contribution in [0, 0.1) is 5.92 Å². The standard InChI is InChI=1S/C16H20Cl2N2O/c1-19-10-12-4-3-9-20(11-12)15(21)8-7-13-5-2-6-14(17)16(13)18/h2,5-8,12,19H,3-4,9-11H2,1H3. The number of rotatable bonds is 4. The van der Waals surface area contributed by atoms with E-state index < -0.39 is 0 Å². The molecule has 0 spiro atoms. The van der Waals surface area contributed by atoms with Crippen LogP contribution in [0.25, 0.3) is 6.08 Å². The average Bonchev–Trinajstić information content (AvgIpc) is 2.49. The van der Waals surface area contributed by atoms with E-state index in [1.807, 2.05) is 24.1 Å². The largest absolute Gasteiger partial charge is 0.339 e. The molecule has 1 amide bonds. The number of nitrogens with zero attached hydrogens (tertiary/aromatic N) is 1. The summed E-state index contributed by atoms with van der Waals surface area (Å²) in [5.74, 6) is 0.572. The summed E-state index contributed by atoms with van der Waals surface area (Å²) in [5, 5.41) is 4.16. The highest BCUT2D eigenvalue weighted by Crippen LogP contribution is 2.26. The van der Waals surface area contributed by atoms with Gasteiger partial charge >= 0.3 is 0 Å². The number of nitrogens with one attached hydrogen (secondary N) is 1. The second kappa shape index (κ2) is 7.83. The van der Waals surface area contributed by atoms with Crippen LogP contribution in [0.15, 0.2) is 24.3 Å². The van der Waals surface area contributed by atoms with Gasteiger partial charge in [0.1, 0.15) is 0 Å². The second-order valence-electron chi connectivity index (χ2n) is 5.33. The van der Waals surface area contributed by atoms with Gasteiger partial charge in [-0.3, -0.25) is 4.79 Å². The molecule has 1 saturated heterocycles. The topological polar surface area (TPSA) is 32.3 Å². The Morgan fingerprint density at radius 2 is 2.29 bits per heavy atom. The third kappa shape index (κ3) is 4.47. The van der Waals surface area contributed by atoms with Crippen molar-refractivity contribution in [2.24, 2.45) is 5.92 Å². The van der Waals surface area contributed by atoms with Crippen LogP contribution in [0.5, 0.6) is 0 Å². The van der Waals surface area contributed by atoms with Crippen LogP contribution in [0.1, 0.15) is 18.4 Å². The summed E-state index contributed by atoms with van der Waals surface area (Å²) in [7, 11) is 1.95. The van der Waals surface area contributed by atoms with Gasteiger partial charge in [-0.15, -0.1) is 0 Å². The first-order valence-corrected chi connectivity index (χ1v) is 7.93. The fraction of sp³-hybridized carbons (Fsp3) is 0.438. The highest BCUT2D eigenvalue weighted by atomic mass is 35.5. The molecule has 0 saturated carbocycles. The Morgan fingerprint density at radius 1 is 1.48 bits per heavy atom. The zero-order valence-corrected chi connectivity index (χ0v) is 13.6. The van der Waals surface area contributed by atoms with E-state index in [0.717, 1.165) is 31.6 Å². The molecule has 1 aliphatic rings. The van der Waals surface area contributed by atoms with Crippen LogP contribution in [0.3, 0.4) is 0 Å². The first-order valence-electron chi connectivity index (χ1n) is 7.17. The van der Waals surface area contributed by atoms with Crippen molar-refractivity contribution in [3.8, 4) is 0 Å². The van der Waals surface area contributed by atoms with Crippen LogP contribution in [0.4, 0.5) is 0 Å². The third-order valence-corrected chi connectivity index (χ3v) is 4.54. The minimum atomic E-state index is 0.0341. The van der Waals surface area contributed by atoms with Crippen molar-refractivity contribution in [2.45, 2.75) is 12.8 Å². The van der Waals surface area contributed by atoms with Gasteiger partial charge in [-0.1, -0.05) is 35.3 Å². The highest BCUT2D eigenvalue weighted by molar-refractivity contribution is 6.42. The normalized spacial score (nSPS) is 19.2. The molecule has 21 heavy (non-hydrogen) atoms. The van der Waals surface area contributed by atoms with E-state index in [1.165, 1.54) is 6.42 Å². The lowest BCUT2D eigenvalue weighted by Gasteiger charge is -2.32. The molecule has 1 heterocycles. The Hall–Kier alpha value is -1.03. The van der Waals surface area contributed by atoms with Crippen molar-refractivity contribution < 1.29 is 4.79 Å². The average molecular weight is 327 g/mol.